The number of allylic oxidation sites excluding steroid dienone is 2. The van der Waals surface area contributed by atoms with E-state index in [1.165, 1.54) is 0 Å². The Kier molecular flexibility index (Phi) is 7.16. The lowest BCUT2D eigenvalue weighted by Crippen LogP contribution is -2.35. The van der Waals surface area contributed by atoms with E-state index in [-0.39, 0.29) is 11.9 Å². The van der Waals surface area contributed by atoms with Crippen molar-refractivity contribution < 1.29 is 9.59 Å². The van der Waals surface area contributed by atoms with Gasteiger partial charge in [0.2, 0.25) is 6.41 Å². The van der Waals surface area contributed by atoms with Gasteiger partial charge in [-0.2, -0.15) is 0 Å². The second kappa shape index (κ2) is 8.87. The number of hydrogen-bond donors (Lipinski definition) is 1. The van der Waals surface area contributed by atoms with Crippen LogP contribution in [0, 0.1) is 0 Å². The molecule has 2 amide bonds. The monoisotopic (exact) mass is 303 g/mol. The lowest BCUT2D eigenvalue weighted by Gasteiger charge is -2.25. The van der Waals surface area contributed by atoms with E-state index < -0.39 is 0 Å². The van der Waals surface area contributed by atoms with Gasteiger partial charge in [-0.05, 0) is 31.9 Å². The van der Waals surface area contributed by atoms with Gasteiger partial charge in [0.05, 0.1) is 0 Å². The van der Waals surface area contributed by atoms with Crippen LogP contribution in [-0.2, 0) is 11.8 Å². The van der Waals surface area contributed by atoms with E-state index in [2.05, 4.69) is 11.9 Å². The Bertz CT molecular complexity index is 546. The Labute approximate surface area is 132 Å². The smallest absolute Gasteiger partial charge is 0.267 e. The maximum atomic E-state index is 12.0. The fraction of sp³-hybridized carbons (Fsp3) is 0.412. The highest BCUT2D eigenvalue weighted by Crippen LogP contribution is 2.12. The zero-order chi connectivity index (χ0) is 16.5. The van der Waals surface area contributed by atoms with Crippen LogP contribution in [0.3, 0.4) is 0 Å². The van der Waals surface area contributed by atoms with Gasteiger partial charge in [-0.25, -0.2) is 0 Å². The van der Waals surface area contributed by atoms with Gasteiger partial charge in [-0.15, -0.1) is 0 Å². The molecule has 1 rings (SSSR count). The van der Waals surface area contributed by atoms with E-state index in [4.69, 9.17) is 0 Å². The van der Waals surface area contributed by atoms with Gasteiger partial charge in [0.25, 0.3) is 5.91 Å². The molecular formula is C17H25N3O2. The number of aryl methyl sites for hydroxylation is 1. The molecule has 0 aliphatic carbocycles. The van der Waals surface area contributed by atoms with E-state index in [0.717, 1.165) is 18.4 Å². The van der Waals surface area contributed by atoms with Crippen molar-refractivity contribution in [2.45, 2.75) is 25.8 Å². The number of nitrogens with one attached hydrogen (secondary N) is 1. The molecule has 0 saturated carbocycles. The first kappa shape index (κ1) is 17.8. The first-order valence-corrected chi connectivity index (χ1v) is 7.34. The maximum absolute atomic E-state index is 12.0. The Balaban J connectivity index is 2.55. The molecule has 0 aliphatic rings. The van der Waals surface area contributed by atoms with Gasteiger partial charge in [-0.1, -0.05) is 24.3 Å². The summed E-state index contributed by atoms with van der Waals surface area (Å²) in [7, 11) is 3.60. The van der Waals surface area contributed by atoms with Crippen molar-refractivity contribution >= 4 is 12.3 Å². The van der Waals surface area contributed by atoms with Crippen LogP contribution in [-0.4, -0.2) is 41.4 Å². The molecule has 120 valence electrons. The van der Waals surface area contributed by atoms with Gasteiger partial charge >= 0.3 is 0 Å². The van der Waals surface area contributed by atoms with Crippen molar-refractivity contribution in [2.75, 3.05) is 13.6 Å². The van der Waals surface area contributed by atoms with E-state index in [1.807, 2.05) is 32.3 Å². The largest absolute Gasteiger partial charge is 0.351 e. The normalized spacial score (nSPS) is 12.6. The molecule has 1 aromatic rings. The fourth-order valence-corrected chi connectivity index (χ4v) is 2.32. The van der Waals surface area contributed by atoms with Crippen molar-refractivity contribution in [1.29, 1.82) is 0 Å². The Morgan fingerprint density at radius 2 is 2.27 bits per heavy atom. The summed E-state index contributed by atoms with van der Waals surface area (Å²) < 4.78 is 1.78. The van der Waals surface area contributed by atoms with Gasteiger partial charge in [-0.3, -0.25) is 9.59 Å². The minimum absolute atomic E-state index is 0.0578. The molecule has 0 spiro atoms. The second-order valence-corrected chi connectivity index (χ2v) is 5.43. The molecule has 1 N–H and O–H groups in total. The lowest BCUT2D eigenvalue weighted by atomic mass is 10.0. The first-order chi connectivity index (χ1) is 10.5. The first-order valence-electron chi connectivity index (χ1n) is 7.34. The standard InChI is InChI=1S/C17H25N3O2/c1-5-7-14(2)12-15(20(4)13-21)9-10-18-17(22)16-8-6-11-19(16)3/h5-8,11,13,15H,1,9-10,12H2,2-4H3,(H,18,22)/b14-7+/t15-/m1/s1. The second-order valence-electron chi connectivity index (χ2n) is 5.43. The van der Waals surface area contributed by atoms with Gasteiger partial charge in [0.1, 0.15) is 5.69 Å². The molecule has 0 fully saturated rings. The number of nitrogens with zero attached hydrogens (tertiary/aromatic N) is 2. The van der Waals surface area contributed by atoms with Crippen molar-refractivity contribution in [1.82, 2.24) is 14.8 Å². The van der Waals surface area contributed by atoms with Crippen LogP contribution < -0.4 is 5.32 Å². The van der Waals surface area contributed by atoms with Crippen LogP contribution in [0.2, 0.25) is 0 Å². The molecule has 0 aromatic carbocycles. The van der Waals surface area contributed by atoms with Crippen molar-refractivity contribution in [3.05, 3.63) is 48.3 Å². The summed E-state index contributed by atoms with van der Waals surface area (Å²) >= 11 is 0. The molecule has 1 aromatic heterocycles. The SMILES string of the molecule is C=C/C=C(\C)C[C@@H](CCNC(=O)c1cccn1C)N(C)C=O. The summed E-state index contributed by atoms with van der Waals surface area (Å²) in [5.41, 5.74) is 1.78. The molecule has 0 radical (unpaired) electrons. The predicted octanol–water partition coefficient (Wildman–Crippen LogP) is 2.12. The molecule has 5 nitrogen and oxygen atoms in total. The van der Waals surface area contributed by atoms with Crippen LogP contribution in [0.1, 0.15) is 30.3 Å². The number of amides is 2. The number of aromatic nitrogens is 1. The minimum Gasteiger partial charge on any atom is -0.351 e. The molecule has 0 saturated heterocycles. The summed E-state index contributed by atoms with van der Waals surface area (Å²) in [4.78, 5) is 24.7. The summed E-state index contributed by atoms with van der Waals surface area (Å²) in [6.07, 6.45) is 7.81. The Morgan fingerprint density at radius 1 is 1.55 bits per heavy atom. The highest BCUT2D eigenvalue weighted by atomic mass is 16.2. The predicted molar refractivity (Wildman–Crippen MR) is 88.5 cm³/mol. The summed E-state index contributed by atoms with van der Waals surface area (Å²) in [5, 5.41) is 2.90. The molecule has 5 heteroatoms. The minimum atomic E-state index is -0.0987. The third kappa shape index (κ3) is 5.24. The molecular weight excluding hydrogens is 278 g/mol. The molecule has 0 aliphatic heterocycles. The van der Waals surface area contributed by atoms with Crippen molar-refractivity contribution in [3.8, 4) is 0 Å². The average molecular weight is 303 g/mol. The van der Waals surface area contributed by atoms with Crippen molar-refractivity contribution in [3.63, 3.8) is 0 Å². The van der Waals surface area contributed by atoms with Crippen LogP contribution in [0.25, 0.3) is 0 Å². The van der Waals surface area contributed by atoms with E-state index in [9.17, 15) is 9.59 Å². The van der Waals surface area contributed by atoms with Gasteiger partial charge in [0, 0.05) is 32.9 Å². The fourth-order valence-electron chi connectivity index (χ4n) is 2.32. The summed E-state index contributed by atoms with van der Waals surface area (Å²) in [6.45, 7) is 6.21. The summed E-state index contributed by atoms with van der Waals surface area (Å²) in [5.74, 6) is -0.0987. The number of carbonyl (C=O) groups excluding carboxylic acids is 2. The third-order valence-corrected chi connectivity index (χ3v) is 3.64. The highest BCUT2D eigenvalue weighted by molar-refractivity contribution is 5.92. The number of rotatable bonds is 9. The zero-order valence-electron chi connectivity index (χ0n) is 13.6. The van der Waals surface area contributed by atoms with E-state index >= 15 is 0 Å². The lowest BCUT2D eigenvalue weighted by molar-refractivity contribution is -0.118. The Morgan fingerprint density at radius 3 is 2.82 bits per heavy atom. The van der Waals surface area contributed by atoms with Crippen LogP contribution in [0.4, 0.5) is 0 Å². The van der Waals surface area contributed by atoms with Crippen LogP contribution >= 0.6 is 0 Å². The zero-order valence-corrected chi connectivity index (χ0v) is 13.6. The third-order valence-electron chi connectivity index (χ3n) is 3.64. The van der Waals surface area contributed by atoms with Crippen molar-refractivity contribution in [2.24, 2.45) is 7.05 Å². The molecule has 1 atom stereocenters. The molecule has 22 heavy (non-hydrogen) atoms. The quantitative estimate of drug-likeness (QED) is 0.561. The highest BCUT2D eigenvalue weighted by Gasteiger charge is 2.15. The van der Waals surface area contributed by atoms with Gasteiger partial charge in [0.15, 0.2) is 0 Å². The maximum Gasteiger partial charge on any atom is 0.267 e. The van der Waals surface area contributed by atoms with E-state index in [0.29, 0.717) is 18.7 Å². The van der Waals surface area contributed by atoms with Gasteiger partial charge < -0.3 is 14.8 Å². The van der Waals surface area contributed by atoms with E-state index in [1.54, 1.807) is 28.7 Å². The topological polar surface area (TPSA) is 54.3 Å². The summed E-state index contributed by atoms with van der Waals surface area (Å²) in [6, 6.07) is 3.67. The van der Waals surface area contributed by atoms with Crippen LogP contribution in [0.15, 0.2) is 42.6 Å². The number of carbonyl (C=O) groups is 2. The number of hydrogen-bond acceptors (Lipinski definition) is 2. The molecule has 0 unspecified atom stereocenters. The van der Waals surface area contributed by atoms with Crippen LogP contribution in [0.5, 0.6) is 0 Å². The average Bonchev–Trinajstić information content (AvgIpc) is 2.91. The Hall–Kier alpha value is -2.30. The molecule has 1 heterocycles. The molecule has 0 bridgehead atoms.